The molecule has 0 saturated carbocycles. The number of hydrogen-bond donors (Lipinski definition) is 2. The van der Waals surface area contributed by atoms with E-state index in [0.717, 1.165) is 18.9 Å². The van der Waals surface area contributed by atoms with Gasteiger partial charge in [0.05, 0.1) is 11.6 Å². The standard InChI is InChI=1S/C14H19Cl2N3O.HI/c1-3-7-18-14(17-2)19-8-4-9-20-13-6-5-11(15)10-12(13)16;/h3,5-6,10H,1,4,7-9H2,2H3,(H2,17,18,19);1H. The summed E-state index contributed by atoms with van der Waals surface area (Å²) < 4.78 is 5.58. The van der Waals surface area contributed by atoms with E-state index in [1.54, 1.807) is 31.3 Å². The third-order valence-electron chi connectivity index (χ3n) is 2.40. The van der Waals surface area contributed by atoms with Gasteiger partial charge in [-0.1, -0.05) is 29.3 Å². The minimum absolute atomic E-state index is 0. The highest BCUT2D eigenvalue weighted by atomic mass is 127. The van der Waals surface area contributed by atoms with Crippen molar-refractivity contribution in [3.63, 3.8) is 0 Å². The summed E-state index contributed by atoms with van der Waals surface area (Å²) in [5, 5.41) is 7.38. The van der Waals surface area contributed by atoms with Gasteiger partial charge in [0.15, 0.2) is 5.96 Å². The van der Waals surface area contributed by atoms with Crippen molar-refractivity contribution in [1.29, 1.82) is 0 Å². The second-order valence-electron chi connectivity index (χ2n) is 3.95. The first-order chi connectivity index (χ1) is 9.67. The van der Waals surface area contributed by atoms with Crippen molar-refractivity contribution in [3.8, 4) is 5.75 Å². The van der Waals surface area contributed by atoms with Crippen LogP contribution in [-0.2, 0) is 0 Å². The minimum atomic E-state index is 0. The van der Waals surface area contributed by atoms with Gasteiger partial charge in [-0.2, -0.15) is 0 Å². The third-order valence-corrected chi connectivity index (χ3v) is 2.93. The molecule has 0 amide bonds. The maximum atomic E-state index is 6.01. The Hall–Kier alpha value is -0.660. The SMILES string of the molecule is C=CCNC(=NC)NCCCOc1ccc(Cl)cc1Cl.I. The summed E-state index contributed by atoms with van der Waals surface area (Å²) >= 11 is 11.8. The molecule has 0 atom stereocenters. The number of nitrogens with one attached hydrogen (secondary N) is 2. The monoisotopic (exact) mass is 443 g/mol. The van der Waals surface area contributed by atoms with Crippen molar-refractivity contribution in [2.45, 2.75) is 6.42 Å². The highest BCUT2D eigenvalue weighted by molar-refractivity contribution is 14.0. The molecule has 21 heavy (non-hydrogen) atoms. The van der Waals surface area contributed by atoms with Crippen molar-refractivity contribution in [1.82, 2.24) is 10.6 Å². The lowest BCUT2D eigenvalue weighted by Gasteiger charge is -2.11. The second-order valence-corrected chi connectivity index (χ2v) is 4.79. The lowest BCUT2D eigenvalue weighted by molar-refractivity contribution is 0.311. The van der Waals surface area contributed by atoms with E-state index in [1.807, 2.05) is 0 Å². The van der Waals surface area contributed by atoms with E-state index in [0.29, 0.717) is 28.9 Å². The first kappa shape index (κ1) is 20.3. The number of benzene rings is 1. The van der Waals surface area contributed by atoms with Crippen molar-refractivity contribution in [2.75, 3.05) is 26.7 Å². The first-order valence-electron chi connectivity index (χ1n) is 6.30. The number of halogens is 3. The van der Waals surface area contributed by atoms with E-state index in [-0.39, 0.29) is 24.0 Å². The van der Waals surface area contributed by atoms with Crippen LogP contribution < -0.4 is 15.4 Å². The fraction of sp³-hybridized carbons (Fsp3) is 0.357. The maximum absolute atomic E-state index is 6.01. The highest BCUT2D eigenvalue weighted by Crippen LogP contribution is 2.27. The molecule has 0 aliphatic rings. The summed E-state index contributed by atoms with van der Waals surface area (Å²) in [5.41, 5.74) is 0. The molecule has 0 aliphatic heterocycles. The average Bonchev–Trinajstić information content (AvgIpc) is 2.44. The van der Waals surface area contributed by atoms with Crippen LogP contribution in [0, 0.1) is 0 Å². The van der Waals surface area contributed by atoms with Crippen LogP contribution >= 0.6 is 47.2 Å². The topological polar surface area (TPSA) is 45.7 Å². The number of hydrogen-bond acceptors (Lipinski definition) is 2. The molecule has 0 saturated heterocycles. The second kappa shape index (κ2) is 11.9. The predicted octanol–water partition coefficient (Wildman–Crippen LogP) is 3.73. The minimum Gasteiger partial charge on any atom is -0.492 e. The largest absolute Gasteiger partial charge is 0.492 e. The highest BCUT2D eigenvalue weighted by Gasteiger charge is 2.02. The fourth-order valence-electron chi connectivity index (χ4n) is 1.44. The smallest absolute Gasteiger partial charge is 0.191 e. The molecule has 0 spiro atoms. The van der Waals surface area contributed by atoms with Crippen LogP contribution in [0.15, 0.2) is 35.8 Å². The van der Waals surface area contributed by atoms with Crippen LogP contribution in [0.25, 0.3) is 0 Å². The van der Waals surface area contributed by atoms with E-state index in [4.69, 9.17) is 27.9 Å². The number of nitrogens with zero attached hydrogens (tertiary/aromatic N) is 1. The quantitative estimate of drug-likeness (QED) is 0.222. The zero-order valence-corrected chi connectivity index (χ0v) is 15.7. The summed E-state index contributed by atoms with van der Waals surface area (Å²) in [6.07, 6.45) is 2.60. The molecule has 118 valence electrons. The van der Waals surface area contributed by atoms with Gasteiger partial charge in [0.25, 0.3) is 0 Å². The number of guanidine groups is 1. The van der Waals surface area contributed by atoms with Crippen LogP contribution in [0.2, 0.25) is 10.0 Å². The molecular weight excluding hydrogens is 424 g/mol. The molecule has 1 aromatic carbocycles. The number of ether oxygens (including phenoxy) is 1. The molecule has 0 aromatic heterocycles. The number of aliphatic imine (C=N–C) groups is 1. The van der Waals surface area contributed by atoms with Crippen LogP contribution in [-0.4, -0.2) is 32.7 Å². The molecule has 0 bridgehead atoms. The Labute approximate surface area is 153 Å². The Balaban J connectivity index is 0.00000400. The van der Waals surface area contributed by atoms with Gasteiger partial charge in [0, 0.05) is 25.2 Å². The summed E-state index contributed by atoms with van der Waals surface area (Å²) in [6, 6.07) is 5.18. The summed E-state index contributed by atoms with van der Waals surface area (Å²) in [4.78, 5) is 4.08. The van der Waals surface area contributed by atoms with Gasteiger partial charge in [0.2, 0.25) is 0 Å². The molecule has 1 aromatic rings. The van der Waals surface area contributed by atoms with Gasteiger partial charge >= 0.3 is 0 Å². The van der Waals surface area contributed by atoms with E-state index < -0.39 is 0 Å². The molecule has 0 fully saturated rings. The molecule has 1 rings (SSSR count). The zero-order chi connectivity index (χ0) is 14.8. The molecule has 4 nitrogen and oxygen atoms in total. The Morgan fingerprint density at radius 1 is 1.38 bits per heavy atom. The Morgan fingerprint density at radius 3 is 2.76 bits per heavy atom. The molecule has 0 aliphatic carbocycles. The van der Waals surface area contributed by atoms with E-state index >= 15 is 0 Å². The van der Waals surface area contributed by atoms with Crippen LogP contribution in [0.5, 0.6) is 5.75 Å². The van der Waals surface area contributed by atoms with Gasteiger partial charge in [-0.15, -0.1) is 30.6 Å². The van der Waals surface area contributed by atoms with Gasteiger partial charge < -0.3 is 15.4 Å². The fourth-order valence-corrected chi connectivity index (χ4v) is 1.91. The average molecular weight is 444 g/mol. The lowest BCUT2D eigenvalue weighted by atomic mass is 10.3. The van der Waals surface area contributed by atoms with Gasteiger partial charge in [0.1, 0.15) is 5.75 Å². The van der Waals surface area contributed by atoms with Gasteiger partial charge in [-0.25, -0.2) is 0 Å². The van der Waals surface area contributed by atoms with E-state index in [1.165, 1.54) is 0 Å². The van der Waals surface area contributed by atoms with Crippen LogP contribution in [0.3, 0.4) is 0 Å². The van der Waals surface area contributed by atoms with E-state index in [9.17, 15) is 0 Å². The van der Waals surface area contributed by atoms with Crippen LogP contribution in [0.4, 0.5) is 0 Å². The zero-order valence-electron chi connectivity index (χ0n) is 11.9. The van der Waals surface area contributed by atoms with Gasteiger partial charge in [-0.05, 0) is 24.6 Å². The van der Waals surface area contributed by atoms with Crippen molar-refractivity contribution in [3.05, 3.63) is 40.9 Å². The normalized spacial score (nSPS) is 10.5. The molecule has 0 radical (unpaired) electrons. The Kier molecular flexibility index (Phi) is 11.6. The lowest BCUT2D eigenvalue weighted by Crippen LogP contribution is -2.38. The van der Waals surface area contributed by atoms with Gasteiger partial charge in [-0.3, -0.25) is 4.99 Å². The van der Waals surface area contributed by atoms with Crippen molar-refractivity contribution in [2.24, 2.45) is 4.99 Å². The predicted molar refractivity (Wildman–Crippen MR) is 102 cm³/mol. The Bertz CT molecular complexity index is 470. The van der Waals surface area contributed by atoms with Crippen molar-refractivity contribution >= 4 is 53.1 Å². The summed E-state index contributed by atoms with van der Waals surface area (Å²) in [6.45, 7) is 5.63. The molecular formula is C14H20Cl2IN3O. The molecule has 2 N–H and O–H groups in total. The molecule has 0 heterocycles. The Morgan fingerprint density at radius 2 is 2.14 bits per heavy atom. The van der Waals surface area contributed by atoms with E-state index in [2.05, 4.69) is 22.2 Å². The first-order valence-corrected chi connectivity index (χ1v) is 7.06. The number of rotatable bonds is 7. The molecule has 7 heteroatoms. The maximum Gasteiger partial charge on any atom is 0.191 e. The van der Waals surface area contributed by atoms with Crippen LogP contribution in [0.1, 0.15) is 6.42 Å². The van der Waals surface area contributed by atoms with Crippen molar-refractivity contribution < 1.29 is 4.74 Å². The third kappa shape index (κ3) is 8.38. The molecule has 0 unspecified atom stereocenters. The summed E-state index contributed by atoms with van der Waals surface area (Å²) in [5.74, 6) is 1.39. The summed E-state index contributed by atoms with van der Waals surface area (Å²) in [7, 11) is 1.72.